The molecule has 1 unspecified atom stereocenters. The molecule has 0 N–H and O–H groups in total. The normalized spacial score (nSPS) is 16.9. The zero-order valence-electron chi connectivity index (χ0n) is 14.0. The zero-order valence-corrected chi connectivity index (χ0v) is 16.4. The van der Waals surface area contributed by atoms with Gasteiger partial charge >= 0.3 is 0 Å². The number of rotatable bonds is 4. The summed E-state index contributed by atoms with van der Waals surface area (Å²) < 4.78 is 19.7. The number of hydrogen-bond acceptors (Lipinski definition) is 4. The molecule has 138 valence electrons. The van der Waals surface area contributed by atoms with E-state index in [1.165, 1.54) is 18.2 Å². The second kappa shape index (κ2) is 7.40. The van der Waals surface area contributed by atoms with Gasteiger partial charge in [0, 0.05) is 23.0 Å². The number of benzene rings is 2. The largest absolute Gasteiger partial charge is 0.337 e. The fourth-order valence-corrected chi connectivity index (χ4v) is 3.54. The summed E-state index contributed by atoms with van der Waals surface area (Å²) in [5.74, 6) is 0.224. The Kier molecular flexibility index (Phi) is 4.97. The lowest BCUT2D eigenvalue weighted by atomic mass is 10.1. The summed E-state index contributed by atoms with van der Waals surface area (Å²) in [5, 5.41) is 3.96. The minimum atomic E-state index is -0.508. The standard InChI is InChI=1S/C19H14BrClFN3O2/c20-13-4-1-11(2-5-13)10-25-16(7-8-17(25)26)19-23-18(24-27-19)12-3-6-15(22)14(21)9-12/h1-6,9,16H,7-8,10H2. The van der Waals surface area contributed by atoms with Gasteiger partial charge in [-0.3, -0.25) is 4.79 Å². The number of likely N-dealkylation sites (tertiary alicyclic amines) is 1. The zero-order chi connectivity index (χ0) is 19.0. The summed E-state index contributed by atoms with van der Waals surface area (Å²) >= 11 is 9.23. The Bertz CT molecular complexity index is 993. The maximum absolute atomic E-state index is 13.3. The molecular weight excluding hydrogens is 437 g/mol. The molecule has 0 bridgehead atoms. The number of carbonyl (C=O) groups is 1. The van der Waals surface area contributed by atoms with E-state index in [4.69, 9.17) is 16.1 Å². The molecule has 27 heavy (non-hydrogen) atoms. The van der Waals surface area contributed by atoms with E-state index in [1.807, 2.05) is 24.3 Å². The van der Waals surface area contributed by atoms with Crippen LogP contribution in [0, 0.1) is 5.82 Å². The fourth-order valence-electron chi connectivity index (χ4n) is 3.10. The third-order valence-corrected chi connectivity index (χ3v) is 5.32. The van der Waals surface area contributed by atoms with Gasteiger partial charge in [0.1, 0.15) is 11.9 Å². The van der Waals surface area contributed by atoms with Crippen LogP contribution in [0.1, 0.15) is 30.3 Å². The first-order valence-electron chi connectivity index (χ1n) is 8.34. The van der Waals surface area contributed by atoms with Crippen LogP contribution in [-0.2, 0) is 11.3 Å². The molecule has 0 radical (unpaired) electrons. The minimum absolute atomic E-state index is 0.00763. The highest BCUT2D eigenvalue weighted by atomic mass is 79.9. The number of hydrogen-bond donors (Lipinski definition) is 0. The number of nitrogens with zero attached hydrogens (tertiary/aromatic N) is 3. The second-order valence-corrected chi connectivity index (χ2v) is 7.61. The van der Waals surface area contributed by atoms with Crippen LogP contribution in [0.4, 0.5) is 4.39 Å². The van der Waals surface area contributed by atoms with Crippen molar-refractivity contribution in [1.82, 2.24) is 15.0 Å². The van der Waals surface area contributed by atoms with Crippen LogP contribution in [0.25, 0.3) is 11.4 Å². The summed E-state index contributed by atoms with van der Waals surface area (Å²) in [6.07, 6.45) is 1.04. The smallest absolute Gasteiger partial charge is 0.249 e. The van der Waals surface area contributed by atoms with Crippen molar-refractivity contribution in [3.05, 3.63) is 69.2 Å². The van der Waals surface area contributed by atoms with Crippen LogP contribution >= 0.6 is 27.5 Å². The molecule has 1 aliphatic heterocycles. The fraction of sp³-hybridized carbons (Fsp3) is 0.211. The molecule has 2 heterocycles. The number of carbonyl (C=O) groups excluding carboxylic acids is 1. The van der Waals surface area contributed by atoms with Gasteiger partial charge in [-0.2, -0.15) is 4.98 Å². The van der Waals surface area contributed by atoms with Crippen molar-refractivity contribution in [2.24, 2.45) is 0 Å². The van der Waals surface area contributed by atoms with Gasteiger partial charge in [-0.15, -0.1) is 0 Å². The van der Waals surface area contributed by atoms with E-state index in [0.717, 1.165) is 10.0 Å². The Morgan fingerprint density at radius 3 is 2.78 bits per heavy atom. The molecule has 8 heteroatoms. The Labute approximate surface area is 168 Å². The van der Waals surface area contributed by atoms with Crippen molar-refractivity contribution in [3.63, 3.8) is 0 Å². The van der Waals surface area contributed by atoms with E-state index in [2.05, 4.69) is 26.1 Å². The molecule has 0 spiro atoms. The van der Waals surface area contributed by atoms with Crippen molar-refractivity contribution in [2.75, 3.05) is 0 Å². The van der Waals surface area contributed by atoms with Gasteiger partial charge in [-0.05, 0) is 42.3 Å². The monoisotopic (exact) mass is 449 g/mol. The lowest BCUT2D eigenvalue weighted by Crippen LogP contribution is -2.27. The molecule has 2 aromatic carbocycles. The van der Waals surface area contributed by atoms with E-state index >= 15 is 0 Å². The molecule has 0 aliphatic carbocycles. The molecule has 1 atom stereocenters. The Balaban J connectivity index is 1.58. The molecule has 1 amide bonds. The summed E-state index contributed by atoms with van der Waals surface area (Å²) in [6, 6.07) is 11.8. The van der Waals surface area contributed by atoms with Crippen molar-refractivity contribution >= 4 is 33.4 Å². The maximum atomic E-state index is 13.3. The SMILES string of the molecule is O=C1CCC(c2nc(-c3ccc(F)c(Cl)c3)no2)N1Cc1ccc(Br)cc1. The summed E-state index contributed by atoms with van der Waals surface area (Å²) in [7, 11) is 0. The van der Waals surface area contributed by atoms with E-state index in [1.54, 1.807) is 4.90 Å². The second-order valence-electron chi connectivity index (χ2n) is 6.29. The third kappa shape index (κ3) is 3.75. The first-order valence-corrected chi connectivity index (χ1v) is 9.51. The lowest BCUT2D eigenvalue weighted by molar-refractivity contribution is -0.129. The Hall–Kier alpha value is -2.25. The predicted molar refractivity (Wildman–Crippen MR) is 101 cm³/mol. The highest BCUT2D eigenvalue weighted by Gasteiger charge is 2.36. The van der Waals surface area contributed by atoms with Crippen molar-refractivity contribution in [1.29, 1.82) is 0 Å². The summed E-state index contributed by atoms with van der Waals surface area (Å²) in [5.41, 5.74) is 1.57. The van der Waals surface area contributed by atoms with Crippen molar-refractivity contribution in [3.8, 4) is 11.4 Å². The first-order chi connectivity index (χ1) is 13.0. The van der Waals surface area contributed by atoms with Crippen LogP contribution in [0.5, 0.6) is 0 Å². The number of amides is 1. The summed E-state index contributed by atoms with van der Waals surface area (Å²) in [6.45, 7) is 0.469. The van der Waals surface area contributed by atoms with Crippen LogP contribution < -0.4 is 0 Å². The molecule has 4 rings (SSSR count). The molecule has 3 aromatic rings. The van der Waals surface area contributed by atoms with E-state index in [9.17, 15) is 9.18 Å². The molecule has 1 aliphatic rings. The maximum Gasteiger partial charge on any atom is 0.249 e. The molecular formula is C19H14BrClFN3O2. The highest BCUT2D eigenvalue weighted by Crippen LogP contribution is 2.34. The molecule has 5 nitrogen and oxygen atoms in total. The molecule has 1 saturated heterocycles. The van der Waals surface area contributed by atoms with Crippen molar-refractivity contribution < 1.29 is 13.7 Å². The van der Waals surface area contributed by atoms with Gasteiger partial charge in [-0.25, -0.2) is 4.39 Å². The third-order valence-electron chi connectivity index (χ3n) is 4.50. The minimum Gasteiger partial charge on any atom is -0.337 e. The molecule has 1 fully saturated rings. The van der Waals surface area contributed by atoms with Gasteiger partial charge in [0.15, 0.2) is 0 Å². The summed E-state index contributed by atoms with van der Waals surface area (Å²) in [4.78, 5) is 18.5. The predicted octanol–water partition coefficient (Wildman–Crippen LogP) is 5.16. The van der Waals surface area contributed by atoms with Gasteiger partial charge < -0.3 is 9.42 Å². The molecule has 1 aromatic heterocycles. The van der Waals surface area contributed by atoms with Gasteiger partial charge in [0.2, 0.25) is 17.6 Å². The van der Waals surface area contributed by atoms with Gasteiger partial charge in [-0.1, -0.05) is 44.8 Å². The number of aromatic nitrogens is 2. The van der Waals surface area contributed by atoms with Crippen LogP contribution in [0.15, 0.2) is 51.5 Å². The van der Waals surface area contributed by atoms with Crippen LogP contribution in [0.3, 0.4) is 0 Å². The van der Waals surface area contributed by atoms with E-state index in [-0.39, 0.29) is 17.0 Å². The van der Waals surface area contributed by atoms with E-state index < -0.39 is 5.82 Å². The topological polar surface area (TPSA) is 59.2 Å². The Morgan fingerprint density at radius 1 is 1.26 bits per heavy atom. The quantitative estimate of drug-likeness (QED) is 0.551. The van der Waals surface area contributed by atoms with Crippen molar-refractivity contribution in [2.45, 2.75) is 25.4 Å². The average Bonchev–Trinajstić information content (AvgIpc) is 3.27. The molecule has 0 saturated carbocycles. The number of halogens is 3. The van der Waals surface area contributed by atoms with Gasteiger partial charge in [0.05, 0.1) is 5.02 Å². The van der Waals surface area contributed by atoms with Crippen LogP contribution in [-0.4, -0.2) is 20.9 Å². The first kappa shape index (κ1) is 18.1. The lowest BCUT2D eigenvalue weighted by Gasteiger charge is -2.22. The van der Waals surface area contributed by atoms with Gasteiger partial charge in [0.25, 0.3) is 0 Å². The van der Waals surface area contributed by atoms with Crippen LogP contribution in [0.2, 0.25) is 5.02 Å². The van der Waals surface area contributed by atoms with E-state index in [0.29, 0.717) is 36.7 Å². The highest BCUT2D eigenvalue weighted by molar-refractivity contribution is 9.10. The average molecular weight is 451 g/mol. The Morgan fingerprint density at radius 2 is 2.04 bits per heavy atom.